The van der Waals surface area contributed by atoms with E-state index in [4.69, 9.17) is 52.1 Å². The number of rotatable bonds is 8. The van der Waals surface area contributed by atoms with E-state index in [-0.39, 0.29) is 83.9 Å². The largest absolute Gasteiger partial charge is 1.00 e. The Labute approximate surface area is 403 Å². The van der Waals surface area contributed by atoms with Gasteiger partial charge in [0, 0.05) is 88.2 Å². The maximum Gasteiger partial charge on any atom is 0.250 e. The molecule has 2 aliphatic carbocycles. The number of benzene rings is 4. The molecule has 63 heavy (non-hydrogen) atoms. The quantitative estimate of drug-likeness (QED) is 0.137. The van der Waals surface area contributed by atoms with Crippen LogP contribution in [0.3, 0.4) is 0 Å². The first kappa shape index (κ1) is 46.9. The smallest absolute Gasteiger partial charge is 0.250 e. The molecule has 4 aromatic rings. The van der Waals surface area contributed by atoms with Crippen molar-refractivity contribution in [3.63, 3.8) is 0 Å². The summed E-state index contributed by atoms with van der Waals surface area (Å²) in [4.78, 5) is 32.1. The number of amides is 2. The molecule has 11 rings (SSSR count). The number of nitrogens with zero attached hydrogens (tertiary/aromatic N) is 2. The summed E-state index contributed by atoms with van der Waals surface area (Å²) >= 11 is 24.8. The second kappa shape index (κ2) is 17.9. The van der Waals surface area contributed by atoms with E-state index in [1.165, 1.54) is 18.9 Å². The molecule has 2 amide bonds. The fourth-order valence-electron chi connectivity index (χ4n) is 11.6. The molecule has 0 radical (unpaired) electrons. The predicted octanol–water partition coefficient (Wildman–Crippen LogP) is 6.03. The number of anilines is 2. The summed E-state index contributed by atoms with van der Waals surface area (Å²) < 4.78 is 30.7. The Morgan fingerprint density at radius 1 is 0.714 bits per heavy atom. The number of likely N-dealkylation sites (tertiary alicyclic amines) is 2. The van der Waals surface area contributed by atoms with Crippen LogP contribution in [0.1, 0.15) is 80.0 Å². The number of hydrogen-bond donors (Lipinski definition) is 5. The van der Waals surface area contributed by atoms with Gasteiger partial charge in [-0.2, -0.15) is 0 Å². The van der Waals surface area contributed by atoms with E-state index in [9.17, 15) is 14.7 Å². The van der Waals surface area contributed by atoms with Gasteiger partial charge in [0.2, 0.25) is 11.8 Å². The number of carbonyl (C=O) groups excluding carboxylic acids is 2. The van der Waals surface area contributed by atoms with E-state index in [0.29, 0.717) is 51.7 Å². The lowest BCUT2D eigenvalue weighted by molar-refractivity contribution is -0.128. The average Bonchev–Trinajstić information content (AvgIpc) is 4.10. The number of nitrogens with one attached hydrogen (secondary N) is 3. The molecule has 3 saturated heterocycles. The normalized spacial score (nSPS) is 30.3. The monoisotopic (exact) mass is 1050 g/mol. The second-order valence-corrected chi connectivity index (χ2v) is 19.4. The zero-order chi connectivity index (χ0) is 42.5. The van der Waals surface area contributed by atoms with Crippen LogP contribution in [0.15, 0.2) is 72.8 Å². The Hall–Kier alpha value is -2.63. The fraction of sp³-hybridized carbons (Fsp3) is 0.447. The summed E-state index contributed by atoms with van der Waals surface area (Å²) in [6.45, 7) is 2.29. The third-order valence-corrected chi connectivity index (χ3v) is 15.4. The van der Waals surface area contributed by atoms with Crippen LogP contribution in [-0.2, 0) is 20.7 Å². The maximum absolute atomic E-state index is 15.4. The Bertz CT molecular complexity index is 2450. The molecule has 5 fully saturated rings. The Morgan fingerprint density at radius 3 is 1.71 bits per heavy atom. The summed E-state index contributed by atoms with van der Waals surface area (Å²) in [6.07, 6.45) is 5.86. The number of nitrogens with two attached hydrogens (primary N) is 1. The first-order valence-electron chi connectivity index (χ1n) is 21.1. The SMILES string of the molecule is C.N[C@@H]1[C@H](CCO)N(CC2CC2)[C@@]2(C(=O)Nc3cc(Cl)ccc32)[C@H]1c1cccc(Cl)c1F.O=C1Nc2cc(Cl)ccc2[C@@]12[C@@H](c1cccc(Cl)c1F)[C@@H]1NCC[C@@H]1N2CC1CC1.[I-]. The van der Waals surface area contributed by atoms with Crippen LogP contribution in [-0.4, -0.2) is 77.1 Å². The van der Waals surface area contributed by atoms with Crippen molar-refractivity contribution in [1.82, 2.24) is 15.1 Å². The molecule has 9 nitrogen and oxygen atoms in total. The highest BCUT2D eigenvalue weighted by atomic mass is 127. The van der Waals surface area contributed by atoms with Crippen LogP contribution in [0, 0.1) is 23.5 Å². The topological polar surface area (TPSA) is 123 Å². The summed E-state index contributed by atoms with van der Waals surface area (Å²) in [5, 5.41) is 20.6. The molecule has 0 aromatic heterocycles. The third-order valence-electron chi connectivity index (χ3n) is 14.4. The van der Waals surface area contributed by atoms with E-state index < -0.39 is 34.7 Å². The van der Waals surface area contributed by atoms with Gasteiger partial charge in [-0.3, -0.25) is 19.4 Å². The summed E-state index contributed by atoms with van der Waals surface area (Å²) in [7, 11) is 0. The molecule has 6 N–H and O–H groups in total. The molecule has 4 aromatic carbocycles. The van der Waals surface area contributed by atoms with Gasteiger partial charge in [0.25, 0.3) is 0 Å². The van der Waals surface area contributed by atoms with Gasteiger partial charge in [-0.1, -0.05) is 90.2 Å². The van der Waals surface area contributed by atoms with E-state index >= 15 is 8.78 Å². The summed E-state index contributed by atoms with van der Waals surface area (Å²) in [6, 6.07) is 20.1. The molecule has 2 spiro atoms. The molecule has 7 aliphatic rings. The molecular formula is C47H50Cl4F2IN6O3-. The highest BCUT2D eigenvalue weighted by Crippen LogP contribution is 2.61. The van der Waals surface area contributed by atoms with Gasteiger partial charge in [-0.25, -0.2) is 8.78 Å². The number of aliphatic hydroxyl groups is 1. The predicted molar refractivity (Wildman–Crippen MR) is 241 cm³/mol. The lowest BCUT2D eigenvalue weighted by Gasteiger charge is -2.40. The van der Waals surface area contributed by atoms with Gasteiger partial charge in [0.05, 0.1) is 10.0 Å². The van der Waals surface area contributed by atoms with Gasteiger partial charge in [-0.15, -0.1) is 0 Å². The third kappa shape index (κ3) is 7.41. The zero-order valence-electron chi connectivity index (χ0n) is 33.5. The molecule has 2 saturated carbocycles. The summed E-state index contributed by atoms with van der Waals surface area (Å²) in [5.41, 5.74) is 8.39. The van der Waals surface area contributed by atoms with Crippen molar-refractivity contribution in [2.45, 2.75) is 93.0 Å². The van der Waals surface area contributed by atoms with Gasteiger partial charge >= 0.3 is 0 Å². The zero-order valence-corrected chi connectivity index (χ0v) is 38.7. The Morgan fingerprint density at radius 2 is 1.21 bits per heavy atom. The van der Waals surface area contributed by atoms with Gasteiger partial charge < -0.3 is 50.8 Å². The molecule has 8 atom stereocenters. The van der Waals surface area contributed by atoms with Crippen molar-refractivity contribution in [2.24, 2.45) is 17.6 Å². The van der Waals surface area contributed by atoms with Crippen LogP contribution in [0.25, 0.3) is 0 Å². The van der Waals surface area contributed by atoms with Crippen LogP contribution >= 0.6 is 46.4 Å². The van der Waals surface area contributed by atoms with Crippen LogP contribution in [0.5, 0.6) is 0 Å². The van der Waals surface area contributed by atoms with Crippen molar-refractivity contribution in [3.8, 4) is 0 Å². The number of aliphatic hydroxyl groups excluding tert-OH is 1. The van der Waals surface area contributed by atoms with E-state index in [1.54, 1.807) is 48.5 Å². The molecule has 5 aliphatic heterocycles. The van der Waals surface area contributed by atoms with Gasteiger partial charge in [0.15, 0.2) is 0 Å². The molecule has 336 valence electrons. The van der Waals surface area contributed by atoms with Crippen molar-refractivity contribution >= 4 is 69.6 Å². The molecular weight excluding hydrogens is 1000 g/mol. The fourth-order valence-corrected chi connectivity index (χ4v) is 12.3. The minimum atomic E-state index is -1.20. The number of fused-ring (bicyclic) bond motifs is 5. The molecule has 16 heteroatoms. The first-order valence-corrected chi connectivity index (χ1v) is 22.7. The number of halogens is 7. The standard InChI is InChI=1S/C23H24Cl2FN3O2.C23H22Cl2FN3O.CH4.HI/c24-13-6-7-15-17(10-13)28-22(31)23(15)19(14-2-1-3-16(25)20(14)26)21(27)18(8-9-30)29(23)11-12-4-5-12;24-13-6-7-15-17(10-13)28-22(30)23(15)19(14-2-1-3-16(25)20(14)26)21-18(8-9-27-21)29(23)11-12-4-5-12;;/h1-3,6-7,10,12,18-19,21,30H,4-5,8-9,11,27H2,(H,28,31);1-3,6-7,10,12,18-19,21,27H,4-5,8-9,11H2,(H,28,30);1H4;1H/p-1/t2*18-,19-,21+,23+;;/m00../s1. The van der Waals surface area contributed by atoms with Crippen molar-refractivity contribution < 1.29 is 47.5 Å². The molecule has 0 unspecified atom stereocenters. The Kier molecular flexibility index (Phi) is 13.3. The minimum absolute atomic E-state index is 0. The van der Waals surface area contributed by atoms with E-state index in [2.05, 4.69) is 25.8 Å². The lowest BCUT2D eigenvalue weighted by Crippen LogP contribution is -3.00. The van der Waals surface area contributed by atoms with Gasteiger partial charge in [0.1, 0.15) is 22.7 Å². The van der Waals surface area contributed by atoms with Crippen molar-refractivity contribution in [1.29, 1.82) is 0 Å². The van der Waals surface area contributed by atoms with Crippen LogP contribution < -0.4 is 45.7 Å². The lowest BCUT2D eigenvalue weighted by atomic mass is 9.73. The van der Waals surface area contributed by atoms with E-state index in [1.807, 2.05) is 18.2 Å². The number of hydrogen-bond acceptors (Lipinski definition) is 7. The Balaban J connectivity index is 0.000000168. The van der Waals surface area contributed by atoms with Crippen molar-refractivity contribution in [2.75, 3.05) is 36.9 Å². The summed E-state index contributed by atoms with van der Waals surface area (Å²) in [5.74, 6) is -1.34. The second-order valence-electron chi connectivity index (χ2n) is 17.7. The number of carbonyl (C=O) groups is 2. The minimum Gasteiger partial charge on any atom is -1.00 e. The molecule has 0 bridgehead atoms. The van der Waals surface area contributed by atoms with E-state index in [0.717, 1.165) is 49.2 Å². The highest BCUT2D eigenvalue weighted by Gasteiger charge is 2.69. The maximum atomic E-state index is 15.4. The first-order chi connectivity index (χ1) is 29.4. The van der Waals surface area contributed by atoms with Gasteiger partial charge in [-0.05, 0) is 104 Å². The highest BCUT2D eigenvalue weighted by molar-refractivity contribution is 6.32. The van der Waals surface area contributed by atoms with Crippen LogP contribution in [0.2, 0.25) is 20.1 Å². The molecule has 5 heterocycles. The van der Waals surface area contributed by atoms with Crippen molar-refractivity contribution in [3.05, 3.63) is 127 Å². The average molecular weight is 1050 g/mol. The van der Waals surface area contributed by atoms with Crippen LogP contribution in [0.4, 0.5) is 20.2 Å².